The maximum absolute atomic E-state index is 12.5. The number of carbonyl (C=O) groups excluding carboxylic acids is 2. The molecule has 1 aromatic carbocycles. The number of carbonyl (C=O) groups is 2. The van der Waals surface area contributed by atoms with E-state index in [2.05, 4.69) is 4.98 Å². The molecule has 2 saturated carbocycles. The summed E-state index contributed by atoms with van der Waals surface area (Å²) in [5.74, 6) is 2.68. The van der Waals surface area contributed by atoms with Crippen molar-refractivity contribution >= 4 is 23.0 Å². The number of likely N-dealkylation sites (tertiary alicyclic amines) is 1. The minimum Gasteiger partial charge on any atom is -0.456 e. The van der Waals surface area contributed by atoms with Gasteiger partial charge in [0.15, 0.2) is 18.1 Å². The molecule has 1 aliphatic heterocycles. The average Bonchev–Trinajstić information content (AvgIpc) is 3.47. The van der Waals surface area contributed by atoms with Crippen LogP contribution in [0.1, 0.15) is 56.8 Å². The Morgan fingerprint density at radius 3 is 2.66 bits per heavy atom. The van der Waals surface area contributed by atoms with E-state index in [0.717, 1.165) is 42.2 Å². The predicted octanol–water partition coefficient (Wildman–Crippen LogP) is 3.90. The highest BCUT2D eigenvalue weighted by molar-refractivity contribution is 5.80. The van der Waals surface area contributed by atoms with Crippen molar-refractivity contribution in [2.45, 2.75) is 50.9 Å². The number of nitrogens with zero attached hydrogens (tertiary/aromatic N) is 2. The summed E-state index contributed by atoms with van der Waals surface area (Å²) >= 11 is 0. The van der Waals surface area contributed by atoms with E-state index in [4.69, 9.17) is 9.15 Å². The number of esters is 1. The molecule has 5 rings (SSSR count). The Morgan fingerprint density at radius 1 is 1.10 bits per heavy atom. The van der Waals surface area contributed by atoms with Crippen molar-refractivity contribution in [2.24, 2.45) is 17.8 Å². The summed E-state index contributed by atoms with van der Waals surface area (Å²) in [6.45, 7) is 1.16. The molecule has 154 valence electrons. The number of aromatic nitrogens is 1. The highest BCUT2D eigenvalue weighted by Crippen LogP contribution is 2.49. The topological polar surface area (TPSA) is 72.6 Å². The molecular formula is C23H28N2O4. The van der Waals surface area contributed by atoms with Crippen LogP contribution in [-0.2, 0) is 14.3 Å². The van der Waals surface area contributed by atoms with E-state index in [1.54, 1.807) is 4.90 Å². The van der Waals surface area contributed by atoms with Gasteiger partial charge in [-0.15, -0.1) is 0 Å². The molecule has 2 aromatic rings. The number of fused-ring (bicyclic) bond motifs is 3. The molecule has 0 unspecified atom stereocenters. The van der Waals surface area contributed by atoms with Gasteiger partial charge in [-0.3, -0.25) is 9.59 Å². The SMILES string of the molecule is O=C(C[C@H]1C[C@@H]2CC[C@@H]1C2)OCC(=O)N1CCC(c2nc3ccccc3o2)CC1. The van der Waals surface area contributed by atoms with Crippen LogP contribution in [0, 0.1) is 17.8 Å². The molecule has 1 saturated heterocycles. The number of amides is 1. The van der Waals surface area contributed by atoms with Crippen LogP contribution in [0.5, 0.6) is 0 Å². The molecule has 1 amide bonds. The highest BCUT2D eigenvalue weighted by Gasteiger charge is 2.40. The lowest BCUT2D eigenvalue weighted by Crippen LogP contribution is -2.40. The normalized spacial score (nSPS) is 26.9. The number of para-hydroxylation sites is 2. The monoisotopic (exact) mass is 396 g/mol. The Bertz CT molecular complexity index is 866. The molecule has 0 N–H and O–H groups in total. The van der Waals surface area contributed by atoms with Crippen molar-refractivity contribution in [1.29, 1.82) is 0 Å². The van der Waals surface area contributed by atoms with Crippen molar-refractivity contribution in [1.82, 2.24) is 9.88 Å². The van der Waals surface area contributed by atoms with Crippen LogP contribution in [0.4, 0.5) is 0 Å². The van der Waals surface area contributed by atoms with Gasteiger partial charge in [0.05, 0.1) is 0 Å². The maximum atomic E-state index is 12.5. The lowest BCUT2D eigenvalue weighted by Gasteiger charge is -2.30. The zero-order valence-corrected chi connectivity index (χ0v) is 16.7. The molecule has 3 fully saturated rings. The number of ether oxygens (including phenoxy) is 1. The van der Waals surface area contributed by atoms with E-state index in [1.165, 1.54) is 19.3 Å². The van der Waals surface area contributed by atoms with Gasteiger partial charge in [0.25, 0.3) is 5.91 Å². The van der Waals surface area contributed by atoms with Gasteiger partial charge in [-0.05, 0) is 62.0 Å². The fraction of sp³-hybridized carbons (Fsp3) is 0.609. The second-order valence-electron chi connectivity index (χ2n) is 8.97. The Hall–Kier alpha value is -2.37. The first-order valence-electron chi connectivity index (χ1n) is 10.9. The summed E-state index contributed by atoms with van der Waals surface area (Å²) in [4.78, 5) is 31.0. The van der Waals surface area contributed by atoms with Crippen LogP contribution < -0.4 is 0 Å². The minimum absolute atomic E-state index is 0.0951. The van der Waals surface area contributed by atoms with Crippen LogP contribution >= 0.6 is 0 Å². The van der Waals surface area contributed by atoms with Crippen molar-refractivity contribution in [3.05, 3.63) is 30.2 Å². The van der Waals surface area contributed by atoms with E-state index in [-0.39, 0.29) is 24.4 Å². The molecule has 0 radical (unpaired) electrons. The third-order valence-corrected chi connectivity index (χ3v) is 7.18. The summed E-state index contributed by atoms with van der Waals surface area (Å²) in [6, 6.07) is 7.77. The lowest BCUT2D eigenvalue weighted by molar-refractivity contribution is -0.153. The number of piperidine rings is 1. The van der Waals surface area contributed by atoms with E-state index in [9.17, 15) is 9.59 Å². The van der Waals surface area contributed by atoms with Gasteiger partial charge in [0.1, 0.15) is 5.52 Å². The molecule has 2 bridgehead atoms. The van der Waals surface area contributed by atoms with Crippen LogP contribution in [0.25, 0.3) is 11.1 Å². The summed E-state index contributed by atoms with van der Waals surface area (Å²) in [5.41, 5.74) is 1.69. The first kappa shape index (κ1) is 18.6. The van der Waals surface area contributed by atoms with Gasteiger partial charge in [0, 0.05) is 25.4 Å². The van der Waals surface area contributed by atoms with Gasteiger partial charge in [-0.1, -0.05) is 18.6 Å². The summed E-state index contributed by atoms with van der Waals surface area (Å²) in [6.07, 6.45) is 7.15. The highest BCUT2D eigenvalue weighted by atomic mass is 16.5. The Kier molecular flexibility index (Phi) is 5.02. The Morgan fingerprint density at radius 2 is 1.93 bits per heavy atom. The van der Waals surface area contributed by atoms with E-state index >= 15 is 0 Å². The van der Waals surface area contributed by atoms with Crippen LogP contribution in [-0.4, -0.2) is 41.5 Å². The molecule has 0 spiro atoms. The number of hydrogen-bond acceptors (Lipinski definition) is 5. The molecular weight excluding hydrogens is 368 g/mol. The van der Waals surface area contributed by atoms with Crippen molar-refractivity contribution < 1.29 is 18.7 Å². The fourth-order valence-electron chi connectivity index (χ4n) is 5.57. The summed E-state index contributed by atoms with van der Waals surface area (Å²) < 4.78 is 11.2. The molecule has 1 aromatic heterocycles. The largest absolute Gasteiger partial charge is 0.456 e. The van der Waals surface area contributed by atoms with Gasteiger partial charge >= 0.3 is 5.97 Å². The zero-order valence-electron chi connectivity index (χ0n) is 16.7. The van der Waals surface area contributed by atoms with Crippen molar-refractivity contribution in [3.8, 4) is 0 Å². The number of oxazole rings is 1. The lowest BCUT2D eigenvalue weighted by atomic mass is 9.86. The van der Waals surface area contributed by atoms with Crippen LogP contribution in [0.15, 0.2) is 28.7 Å². The standard InChI is InChI=1S/C23H28N2O4/c26-21(14-28-22(27)13-18-12-15-5-6-17(18)11-15)25-9-7-16(8-10-25)23-24-19-3-1-2-4-20(19)29-23/h1-4,15-18H,5-14H2/t15-,17-,18-/m1/s1. The van der Waals surface area contributed by atoms with Crippen LogP contribution in [0.2, 0.25) is 0 Å². The predicted molar refractivity (Wildman–Crippen MR) is 107 cm³/mol. The summed E-state index contributed by atoms with van der Waals surface area (Å²) in [7, 11) is 0. The molecule has 3 aliphatic rings. The van der Waals surface area contributed by atoms with E-state index in [1.807, 2.05) is 24.3 Å². The molecule has 2 heterocycles. The second kappa shape index (κ2) is 7.81. The second-order valence-corrected chi connectivity index (χ2v) is 8.97. The molecule has 6 heteroatoms. The first-order valence-corrected chi connectivity index (χ1v) is 10.9. The van der Waals surface area contributed by atoms with Gasteiger partial charge in [0.2, 0.25) is 0 Å². The number of rotatable bonds is 5. The smallest absolute Gasteiger partial charge is 0.306 e. The van der Waals surface area contributed by atoms with Gasteiger partial charge in [-0.25, -0.2) is 4.98 Å². The van der Waals surface area contributed by atoms with E-state index in [0.29, 0.717) is 31.3 Å². The quantitative estimate of drug-likeness (QED) is 0.717. The number of benzene rings is 1. The maximum Gasteiger partial charge on any atom is 0.306 e. The van der Waals surface area contributed by atoms with Gasteiger partial charge < -0.3 is 14.1 Å². The third kappa shape index (κ3) is 3.89. The molecule has 6 nitrogen and oxygen atoms in total. The molecule has 3 atom stereocenters. The Labute approximate surface area is 170 Å². The number of hydrogen-bond donors (Lipinski definition) is 0. The van der Waals surface area contributed by atoms with E-state index < -0.39 is 0 Å². The Balaban J connectivity index is 1.07. The fourth-order valence-corrected chi connectivity index (χ4v) is 5.57. The molecule has 2 aliphatic carbocycles. The molecule has 29 heavy (non-hydrogen) atoms. The average molecular weight is 396 g/mol. The van der Waals surface area contributed by atoms with Crippen LogP contribution in [0.3, 0.4) is 0 Å². The van der Waals surface area contributed by atoms with Crippen molar-refractivity contribution in [2.75, 3.05) is 19.7 Å². The summed E-state index contributed by atoms with van der Waals surface area (Å²) in [5, 5.41) is 0. The van der Waals surface area contributed by atoms with Crippen molar-refractivity contribution in [3.63, 3.8) is 0 Å². The first-order chi connectivity index (χ1) is 14.2. The zero-order chi connectivity index (χ0) is 19.8. The third-order valence-electron chi connectivity index (χ3n) is 7.18. The minimum atomic E-state index is -0.211. The van der Waals surface area contributed by atoms with Gasteiger partial charge in [-0.2, -0.15) is 0 Å².